The molecular formula is C10H12O2S. The number of hydrogen-bond acceptors (Lipinski definition) is 3. The van der Waals surface area contributed by atoms with Gasteiger partial charge in [0.25, 0.3) is 6.47 Å². The first-order valence-electron chi connectivity index (χ1n) is 4.08. The maximum atomic E-state index is 9.96. The molecule has 1 unspecified atom stereocenters. The van der Waals surface area contributed by atoms with Crippen molar-refractivity contribution in [1.29, 1.82) is 0 Å². The average molecular weight is 196 g/mol. The Kier molecular flexibility index (Phi) is 3.83. The van der Waals surface area contributed by atoms with Crippen molar-refractivity contribution >= 4 is 19.1 Å². The predicted molar refractivity (Wildman–Crippen MR) is 54.1 cm³/mol. The highest BCUT2D eigenvalue weighted by molar-refractivity contribution is 7.80. The van der Waals surface area contributed by atoms with Crippen LogP contribution in [0.4, 0.5) is 0 Å². The second-order valence-electron chi connectivity index (χ2n) is 2.92. The lowest BCUT2D eigenvalue weighted by atomic mass is 10.0. The molecule has 1 atom stereocenters. The molecule has 0 aliphatic carbocycles. The maximum Gasteiger partial charge on any atom is 0.293 e. The van der Waals surface area contributed by atoms with Gasteiger partial charge in [0, 0.05) is 10.8 Å². The van der Waals surface area contributed by atoms with Crippen LogP contribution in [0.15, 0.2) is 29.2 Å². The molecule has 0 radical (unpaired) electrons. The van der Waals surface area contributed by atoms with Crippen molar-refractivity contribution in [2.75, 3.05) is 6.61 Å². The second kappa shape index (κ2) is 4.92. The van der Waals surface area contributed by atoms with Crippen LogP contribution in [0.3, 0.4) is 0 Å². The Morgan fingerprint density at radius 3 is 2.62 bits per heavy atom. The van der Waals surface area contributed by atoms with Crippen molar-refractivity contribution in [3.05, 3.63) is 29.8 Å². The van der Waals surface area contributed by atoms with E-state index in [2.05, 4.69) is 17.4 Å². The maximum absolute atomic E-state index is 9.96. The smallest absolute Gasteiger partial charge is 0.293 e. The first-order chi connectivity index (χ1) is 6.24. The van der Waals surface area contributed by atoms with E-state index in [-0.39, 0.29) is 5.92 Å². The Balaban J connectivity index is 2.60. The third-order valence-corrected chi connectivity index (χ3v) is 2.17. The molecule has 0 saturated heterocycles. The molecule has 0 bridgehead atoms. The van der Waals surface area contributed by atoms with Gasteiger partial charge in [0.1, 0.15) is 0 Å². The van der Waals surface area contributed by atoms with Crippen LogP contribution in [0, 0.1) is 0 Å². The molecule has 1 aromatic rings. The summed E-state index contributed by atoms with van der Waals surface area (Å²) in [4.78, 5) is 10.9. The third-order valence-electron chi connectivity index (χ3n) is 1.88. The monoisotopic (exact) mass is 196 g/mol. The number of hydrogen-bond donors (Lipinski definition) is 1. The number of rotatable bonds is 4. The van der Waals surface area contributed by atoms with Gasteiger partial charge in [0.05, 0.1) is 6.61 Å². The summed E-state index contributed by atoms with van der Waals surface area (Å²) in [5, 5.41) is 0. The van der Waals surface area contributed by atoms with E-state index < -0.39 is 0 Å². The summed E-state index contributed by atoms with van der Waals surface area (Å²) >= 11 is 4.18. The largest absolute Gasteiger partial charge is 0.467 e. The Hall–Kier alpha value is -0.960. The number of thiol groups is 1. The summed E-state index contributed by atoms with van der Waals surface area (Å²) < 4.78 is 4.68. The zero-order valence-electron chi connectivity index (χ0n) is 7.43. The molecule has 0 amide bonds. The minimum absolute atomic E-state index is 0.235. The fraction of sp³-hybridized carbons (Fsp3) is 0.300. The molecule has 3 heteroatoms. The van der Waals surface area contributed by atoms with Gasteiger partial charge < -0.3 is 4.74 Å². The third kappa shape index (κ3) is 3.11. The van der Waals surface area contributed by atoms with Gasteiger partial charge in [-0.25, -0.2) is 0 Å². The molecule has 70 valence electrons. The summed E-state index contributed by atoms with van der Waals surface area (Å²) in [5.41, 5.74) is 1.15. The minimum atomic E-state index is 0.235. The zero-order chi connectivity index (χ0) is 9.68. The van der Waals surface area contributed by atoms with Crippen LogP contribution in [-0.2, 0) is 9.53 Å². The Bertz CT molecular complexity index is 269. The first kappa shape index (κ1) is 10.1. The molecule has 1 aromatic carbocycles. The highest BCUT2D eigenvalue weighted by Gasteiger charge is 2.04. The van der Waals surface area contributed by atoms with Crippen LogP contribution in [0.1, 0.15) is 18.4 Å². The minimum Gasteiger partial charge on any atom is -0.467 e. The van der Waals surface area contributed by atoms with Gasteiger partial charge >= 0.3 is 0 Å². The lowest BCUT2D eigenvalue weighted by molar-refractivity contribution is -0.129. The molecule has 0 spiro atoms. The lowest BCUT2D eigenvalue weighted by Crippen LogP contribution is -2.02. The topological polar surface area (TPSA) is 26.3 Å². The van der Waals surface area contributed by atoms with Crippen LogP contribution in [0.25, 0.3) is 0 Å². The Morgan fingerprint density at radius 1 is 1.46 bits per heavy atom. The van der Waals surface area contributed by atoms with Crippen LogP contribution < -0.4 is 0 Å². The molecule has 0 aliphatic heterocycles. The van der Waals surface area contributed by atoms with Gasteiger partial charge in [-0.2, -0.15) is 0 Å². The summed E-state index contributed by atoms with van der Waals surface area (Å²) in [7, 11) is 0. The lowest BCUT2D eigenvalue weighted by Gasteiger charge is -2.09. The van der Waals surface area contributed by atoms with Crippen LogP contribution in [0.2, 0.25) is 0 Å². The molecule has 0 aromatic heterocycles. The summed E-state index contributed by atoms with van der Waals surface area (Å²) in [5.74, 6) is 0.235. The van der Waals surface area contributed by atoms with Crippen molar-refractivity contribution in [3.63, 3.8) is 0 Å². The van der Waals surface area contributed by atoms with E-state index in [0.29, 0.717) is 13.1 Å². The van der Waals surface area contributed by atoms with Gasteiger partial charge in [-0.05, 0) is 17.7 Å². The van der Waals surface area contributed by atoms with Crippen LogP contribution in [0.5, 0.6) is 0 Å². The molecule has 0 fully saturated rings. The van der Waals surface area contributed by atoms with E-state index in [1.54, 1.807) is 0 Å². The van der Waals surface area contributed by atoms with Crippen molar-refractivity contribution in [2.45, 2.75) is 17.7 Å². The Labute approximate surface area is 83.3 Å². The standard InChI is InChI=1S/C10H12O2S/c1-8(6-12-7-11)9-2-4-10(13)5-3-9/h2-5,7-8,13H,6H2,1H3. The molecule has 2 nitrogen and oxygen atoms in total. The molecular weight excluding hydrogens is 184 g/mol. The van der Waals surface area contributed by atoms with Gasteiger partial charge in [0.15, 0.2) is 0 Å². The second-order valence-corrected chi connectivity index (χ2v) is 3.44. The molecule has 0 heterocycles. The normalized spacial score (nSPS) is 12.2. The van der Waals surface area contributed by atoms with E-state index in [4.69, 9.17) is 0 Å². The molecule has 0 N–H and O–H groups in total. The molecule has 1 rings (SSSR count). The van der Waals surface area contributed by atoms with Crippen molar-refractivity contribution in [2.24, 2.45) is 0 Å². The summed E-state index contributed by atoms with van der Waals surface area (Å²) in [6, 6.07) is 7.83. The zero-order valence-corrected chi connectivity index (χ0v) is 8.33. The number of carbonyl (C=O) groups is 1. The quantitative estimate of drug-likeness (QED) is 0.590. The Morgan fingerprint density at radius 2 is 2.08 bits per heavy atom. The number of carbonyl (C=O) groups excluding carboxylic acids is 1. The van der Waals surface area contributed by atoms with E-state index in [0.717, 1.165) is 10.5 Å². The highest BCUT2D eigenvalue weighted by Crippen LogP contribution is 2.17. The van der Waals surface area contributed by atoms with E-state index in [1.807, 2.05) is 31.2 Å². The molecule has 13 heavy (non-hydrogen) atoms. The van der Waals surface area contributed by atoms with Crippen molar-refractivity contribution < 1.29 is 9.53 Å². The SMILES string of the molecule is CC(COC=O)c1ccc(S)cc1. The fourth-order valence-corrected chi connectivity index (χ4v) is 1.23. The highest BCUT2D eigenvalue weighted by atomic mass is 32.1. The fourth-order valence-electron chi connectivity index (χ4n) is 1.08. The summed E-state index contributed by atoms with van der Waals surface area (Å²) in [6.45, 7) is 2.91. The average Bonchev–Trinajstić information content (AvgIpc) is 2.15. The summed E-state index contributed by atoms with van der Waals surface area (Å²) in [6.07, 6.45) is 0. The van der Waals surface area contributed by atoms with E-state index in [1.165, 1.54) is 0 Å². The van der Waals surface area contributed by atoms with Crippen molar-refractivity contribution in [1.82, 2.24) is 0 Å². The molecule has 0 aliphatic rings. The van der Waals surface area contributed by atoms with Crippen LogP contribution in [-0.4, -0.2) is 13.1 Å². The van der Waals surface area contributed by atoms with Gasteiger partial charge in [-0.1, -0.05) is 19.1 Å². The first-order valence-corrected chi connectivity index (χ1v) is 4.53. The number of ether oxygens (including phenoxy) is 1. The van der Waals surface area contributed by atoms with E-state index in [9.17, 15) is 4.79 Å². The van der Waals surface area contributed by atoms with Gasteiger partial charge in [-0.3, -0.25) is 4.79 Å². The van der Waals surface area contributed by atoms with Gasteiger partial charge in [-0.15, -0.1) is 12.6 Å². The predicted octanol–water partition coefficient (Wildman–Crippen LogP) is 2.25. The number of benzene rings is 1. The van der Waals surface area contributed by atoms with E-state index >= 15 is 0 Å². The van der Waals surface area contributed by atoms with Gasteiger partial charge in [0.2, 0.25) is 0 Å². The van der Waals surface area contributed by atoms with Crippen LogP contribution >= 0.6 is 12.6 Å². The molecule has 0 saturated carbocycles. The van der Waals surface area contributed by atoms with Crippen molar-refractivity contribution in [3.8, 4) is 0 Å².